The molecule has 1 saturated carbocycles. The molecule has 110 valence electrons. The molecule has 1 heterocycles. The summed E-state index contributed by atoms with van der Waals surface area (Å²) in [6, 6.07) is 0. The summed E-state index contributed by atoms with van der Waals surface area (Å²) in [4.78, 5) is 27.0. The zero-order valence-electron chi connectivity index (χ0n) is 12.3. The van der Waals surface area contributed by atoms with Crippen LogP contribution in [0.25, 0.3) is 0 Å². The van der Waals surface area contributed by atoms with Gasteiger partial charge in [0.25, 0.3) is 5.91 Å². The van der Waals surface area contributed by atoms with Gasteiger partial charge in [0.1, 0.15) is 5.66 Å². The van der Waals surface area contributed by atoms with E-state index in [1.165, 1.54) is 6.42 Å². The largest absolute Gasteiger partial charge is 0.329 e. The molecule has 2 amide bonds. The molecule has 0 saturated heterocycles. The van der Waals surface area contributed by atoms with Crippen LogP contribution in [0.1, 0.15) is 71.1 Å². The highest BCUT2D eigenvalue weighted by molar-refractivity contribution is 5.98. The summed E-state index contributed by atoms with van der Waals surface area (Å²) in [6.45, 7) is 1.92. The highest BCUT2D eigenvalue weighted by Crippen LogP contribution is 2.42. The van der Waals surface area contributed by atoms with Crippen LogP contribution in [0.2, 0.25) is 0 Å². The van der Waals surface area contributed by atoms with Crippen LogP contribution in [0.5, 0.6) is 0 Å². The molecule has 1 spiro atoms. The van der Waals surface area contributed by atoms with Gasteiger partial charge in [0.2, 0.25) is 5.91 Å². The van der Waals surface area contributed by atoms with E-state index < -0.39 is 5.66 Å². The number of carbonyl (C=O) groups is 2. The maximum Gasteiger partial charge on any atom is 0.250 e. The number of allylic oxidation sites excluding steroid dienone is 1. The van der Waals surface area contributed by atoms with Crippen molar-refractivity contribution >= 4 is 11.8 Å². The average molecular weight is 276 g/mol. The molecule has 1 fully saturated rings. The highest BCUT2D eigenvalue weighted by Gasteiger charge is 2.47. The molecule has 1 N–H and O–H groups in total. The van der Waals surface area contributed by atoms with Gasteiger partial charge in [-0.05, 0) is 51.4 Å². The number of hydrogen-bond donors (Lipinski definition) is 1. The van der Waals surface area contributed by atoms with Crippen molar-refractivity contribution < 1.29 is 9.59 Å². The standard InChI is InChI=1S/C16H24N2O2/c1-2-14(19)18-13-9-5-4-8-12(13)15(20)17-16(18)10-6-3-7-11-16/h2-11H2,1H3,(H,17,20). The third kappa shape index (κ3) is 2.05. The van der Waals surface area contributed by atoms with Gasteiger partial charge in [0, 0.05) is 17.7 Å². The van der Waals surface area contributed by atoms with E-state index in [9.17, 15) is 9.59 Å². The minimum atomic E-state index is -0.418. The molecule has 0 bridgehead atoms. The van der Waals surface area contributed by atoms with Crippen molar-refractivity contribution in [3.8, 4) is 0 Å². The molecule has 0 atom stereocenters. The Morgan fingerprint density at radius 3 is 2.55 bits per heavy atom. The minimum Gasteiger partial charge on any atom is -0.329 e. The Bertz CT molecular complexity index is 461. The fourth-order valence-corrected chi connectivity index (χ4v) is 4.01. The van der Waals surface area contributed by atoms with E-state index in [1.54, 1.807) is 0 Å². The SMILES string of the molecule is CCC(=O)N1C2=C(CCCC2)C(=O)NC12CCCCC2. The molecule has 0 aromatic rings. The molecular weight excluding hydrogens is 252 g/mol. The summed E-state index contributed by atoms with van der Waals surface area (Å²) in [5, 5.41) is 3.20. The molecule has 0 aromatic carbocycles. The molecule has 0 radical (unpaired) electrons. The summed E-state index contributed by atoms with van der Waals surface area (Å²) < 4.78 is 0. The van der Waals surface area contributed by atoms with Crippen molar-refractivity contribution in [1.29, 1.82) is 0 Å². The Morgan fingerprint density at radius 2 is 1.85 bits per heavy atom. The third-order valence-electron chi connectivity index (χ3n) is 4.99. The lowest BCUT2D eigenvalue weighted by atomic mass is 9.81. The normalized spacial score (nSPS) is 25.4. The lowest BCUT2D eigenvalue weighted by Crippen LogP contribution is -2.66. The fourth-order valence-electron chi connectivity index (χ4n) is 4.01. The van der Waals surface area contributed by atoms with Crippen molar-refractivity contribution in [3.63, 3.8) is 0 Å². The first-order valence-corrected chi connectivity index (χ1v) is 8.05. The van der Waals surface area contributed by atoms with Crippen molar-refractivity contribution in [2.24, 2.45) is 0 Å². The van der Waals surface area contributed by atoms with Gasteiger partial charge >= 0.3 is 0 Å². The highest BCUT2D eigenvalue weighted by atomic mass is 16.2. The van der Waals surface area contributed by atoms with Gasteiger partial charge in [0.05, 0.1) is 0 Å². The van der Waals surface area contributed by atoms with Crippen molar-refractivity contribution in [1.82, 2.24) is 10.2 Å². The number of rotatable bonds is 1. The van der Waals surface area contributed by atoms with Crippen LogP contribution in [-0.4, -0.2) is 22.4 Å². The predicted octanol–water partition coefficient (Wildman–Crippen LogP) is 2.84. The summed E-state index contributed by atoms with van der Waals surface area (Å²) >= 11 is 0. The van der Waals surface area contributed by atoms with Crippen LogP contribution in [0.4, 0.5) is 0 Å². The fraction of sp³-hybridized carbons (Fsp3) is 0.750. The van der Waals surface area contributed by atoms with Crippen molar-refractivity contribution in [2.75, 3.05) is 0 Å². The molecule has 4 nitrogen and oxygen atoms in total. The van der Waals surface area contributed by atoms with Crippen LogP contribution >= 0.6 is 0 Å². The molecule has 3 rings (SSSR count). The average Bonchev–Trinajstić information content (AvgIpc) is 2.48. The van der Waals surface area contributed by atoms with E-state index in [4.69, 9.17) is 0 Å². The third-order valence-corrected chi connectivity index (χ3v) is 4.99. The molecule has 3 aliphatic rings. The van der Waals surface area contributed by atoms with Crippen LogP contribution < -0.4 is 5.32 Å². The Kier molecular flexibility index (Phi) is 3.57. The van der Waals surface area contributed by atoms with Crippen molar-refractivity contribution in [3.05, 3.63) is 11.3 Å². The lowest BCUT2D eigenvalue weighted by Gasteiger charge is -2.51. The van der Waals surface area contributed by atoms with E-state index in [0.29, 0.717) is 6.42 Å². The van der Waals surface area contributed by atoms with Gasteiger partial charge < -0.3 is 5.32 Å². The monoisotopic (exact) mass is 276 g/mol. The molecule has 0 aromatic heterocycles. The second-order valence-electron chi connectivity index (χ2n) is 6.26. The van der Waals surface area contributed by atoms with Gasteiger partial charge in [-0.3, -0.25) is 14.5 Å². The molecule has 0 unspecified atom stereocenters. The Morgan fingerprint density at radius 1 is 1.15 bits per heavy atom. The van der Waals surface area contributed by atoms with Crippen LogP contribution in [0.15, 0.2) is 11.3 Å². The van der Waals surface area contributed by atoms with E-state index in [1.807, 2.05) is 11.8 Å². The first kappa shape index (κ1) is 13.7. The summed E-state index contributed by atoms with van der Waals surface area (Å²) in [6.07, 6.45) is 9.57. The maximum atomic E-state index is 12.5. The number of hydrogen-bond acceptors (Lipinski definition) is 2. The number of amides is 2. The minimum absolute atomic E-state index is 0.0850. The molecule has 20 heavy (non-hydrogen) atoms. The van der Waals surface area contributed by atoms with Gasteiger partial charge in [-0.2, -0.15) is 0 Å². The van der Waals surface area contributed by atoms with Crippen LogP contribution in [-0.2, 0) is 9.59 Å². The zero-order valence-corrected chi connectivity index (χ0v) is 12.3. The molecular formula is C16H24N2O2. The summed E-state index contributed by atoms with van der Waals surface area (Å²) in [5.41, 5.74) is 1.49. The maximum absolute atomic E-state index is 12.5. The second kappa shape index (κ2) is 5.23. The van der Waals surface area contributed by atoms with Crippen LogP contribution in [0.3, 0.4) is 0 Å². The van der Waals surface area contributed by atoms with Gasteiger partial charge in [0.15, 0.2) is 0 Å². The first-order valence-electron chi connectivity index (χ1n) is 8.05. The van der Waals surface area contributed by atoms with E-state index in [-0.39, 0.29) is 11.8 Å². The molecule has 2 aliphatic carbocycles. The van der Waals surface area contributed by atoms with E-state index in [0.717, 1.165) is 62.6 Å². The van der Waals surface area contributed by atoms with Gasteiger partial charge in [-0.25, -0.2) is 0 Å². The molecule has 4 heteroatoms. The number of carbonyl (C=O) groups excluding carboxylic acids is 2. The number of nitrogens with zero attached hydrogens (tertiary/aromatic N) is 1. The van der Waals surface area contributed by atoms with E-state index >= 15 is 0 Å². The molecule has 1 aliphatic heterocycles. The predicted molar refractivity (Wildman–Crippen MR) is 76.6 cm³/mol. The summed E-state index contributed by atoms with van der Waals surface area (Å²) in [7, 11) is 0. The van der Waals surface area contributed by atoms with Crippen molar-refractivity contribution in [2.45, 2.75) is 76.8 Å². The lowest BCUT2D eigenvalue weighted by molar-refractivity contribution is -0.142. The zero-order chi connectivity index (χ0) is 14.2. The number of nitrogens with one attached hydrogen (secondary N) is 1. The Balaban J connectivity index is 2.05. The quantitative estimate of drug-likeness (QED) is 0.800. The first-order chi connectivity index (χ1) is 9.68. The topological polar surface area (TPSA) is 49.4 Å². The van der Waals surface area contributed by atoms with Gasteiger partial charge in [-0.15, -0.1) is 0 Å². The Hall–Kier alpha value is -1.32. The van der Waals surface area contributed by atoms with Gasteiger partial charge in [-0.1, -0.05) is 13.3 Å². The van der Waals surface area contributed by atoms with Crippen LogP contribution in [0, 0.1) is 0 Å². The smallest absolute Gasteiger partial charge is 0.250 e. The van der Waals surface area contributed by atoms with E-state index in [2.05, 4.69) is 5.32 Å². The Labute approximate surface area is 120 Å². The summed E-state index contributed by atoms with van der Waals surface area (Å²) in [5.74, 6) is 0.253. The second-order valence-corrected chi connectivity index (χ2v) is 6.26.